The molecule has 0 heterocycles. The summed E-state index contributed by atoms with van der Waals surface area (Å²) in [4.78, 5) is 10.1. The quantitative estimate of drug-likeness (QED) is 0.179. The molecule has 0 aliphatic carbocycles. The van der Waals surface area contributed by atoms with E-state index in [1.54, 1.807) is 6.92 Å². The molecule has 0 unspecified atom stereocenters. The normalized spacial score (nSPS) is 8.56. The summed E-state index contributed by atoms with van der Waals surface area (Å²) in [7, 11) is 0. The van der Waals surface area contributed by atoms with E-state index in [4.69, 9.17) is 0 Å². The summed E-state index contributed by atoms with van der Waals surface area (Å²) < 4.78 is 4.36. The van der Waals surface area contributed by atoms with Crippen molar-refractivity contribution < 1.29 is 66.0 Å². The Morgan fingerprint density at radius 1 is 1.78 bits per heavy atom. The number of hydrogen-bond donors (Lipinski definition) is 0. The van der Waals surface area contributed by atoms with E-state index in [2.05, 4.69) is 4.74 Å². The van der Waals surface area contributed by atoms with Crippen LogP contribution in [-0.4, -0.2) is 12.6 Å². The van der Waals surface area contributed by atoms with Crippen LogP contribution < -0.4 is 56.5 Å². The summed E-state index contributed by atoms with van der Waals surface area (Å²) >= 11 is 0. The molecule has 4 heteroatoms. The van der Waals surface area contributed by atoms with Crippen molar-refractivity contribution >= 4 is 5.97 Å². The van der Waals surface area contributed by atoms with Gasteiger partial charge in [0.25, 0.3) is 0 Å². The van der Waals surface area contributed by atoms with Crippen LogP contribution in [0.5, 0.6) is 0 Å². The molecule has 0 saturated heterocycles. The van der Waals surface area contributed by atoms with Crippen molar-refractivity contribution in [3.63, 3.8) is 0 Å². The molecule has 0 bridgehead atoms. The van der Waals surface area contributed by atoms with Gasteiger partial charge in [0.2, 0.25) is 0 Å². The first-order valence-electron chi connectivity index (χ1n) is 2.26. The monoisotopic (exact) mass is 154 g/mol. The van der Waals surface area contributed by atoms with Crippen LogP contribution in [0.25, 0.3) is 0 Å². The minimum Gasteiger partial charge on any atom is -0.878 e. The Labute approximate surface area is 96.5 Å². The fraction of sp³-hybridized carbons (Fsp3) is 0.400. The van der Waals surface area contributed by atoms with Crippen LogP contribution in [0.3, 0.4) is 0 Å². The Morgan fingerprint density at radius 3 is 2.67 bits per heavy atom. The van der Waals surface area contributed by atoms with Crippen molar-refractivity contribution in [3.05, 3.63) is 12.3 Å². The zero-order valence-electron chi connectivity index (χ0n) is 5.59. The van der Waals surface area contributed by atoms with E-state index < -0.39 is 5.97 Å². The zero-order valence-corrected chi connectivity index (χ0v) is 8.71. The fourth-order valence-corrected chi connectivity index (χ4v) is 0.246. The molecule has 0 spiro atoms. The molecule has 9 heavy (non-hydrogen) atoms. The Bertz CT molecular complexity index is 100. The first kappa shape index (κ1) is 12.3. The smallest absolute Gasteiger partial charge is 0.878 e. The van der Waals surface area contributed by atoms with Gasteiger partial charge in [-0.1, -0.05) is 0 Å². The molecule has 0 saturated carbocycles. The third-order valence-corrected chi connectivity index (χ3v) is 0.491. The summed E-state index contributed by atoms with van der Waals surface area (Å²) in [6.07, 6.45) is 1.24. The molecule has 0 aliphatic rings. The molecule has 0 amide bonds. The van der Waals surface area contributed by atoms with Gasteiger partial charge in [0, 0.05) is 6.08 Å². The fourth-order valence-electron chi connectivity index (χ4n) is 0.246. The predicted octanol–water partition coefficient (Wildman–Crippen LogP) is -3.57. The van der Waals surface area contributed by atoms with Gasteiger partial charge in [0.05, 0.1) is 6.61 Å². The molecule has 0 N–H and O–H groups in total. The summed E-state index contributed by atoms with van der Waals surface area (Å²) in [5.74, 6) is -0.581. The second kappa shape index (κ2) is 8.65. The molecule has 0 fully saturated rings. The molecule has 0 radical (unpaired) electrons. The van der Waals surface area contributed by atoms with Crippen LogP contribution in [-0.2, 0) is 9.53 Å². The Balaban J connectivity index is 0. The first-order chi connectivity index (χ1) is 3.81. The Kier molecular flexibility index (Phi) is 11.8. The van der Waals surface area contributed by atoms with Gasteiger partial charge in [0.15, 0.2) is 0 Å². The first-order valence-corrected chi connectivity index (χ1v) is 2.26. The zero-order chi connectivity index (χ0) is 6.41. The molecule has 46 valence electrons. The van der Waals surface area contributed by atoms with Crippen molar-refractivity contribution in [2.75, 3.05) is 6.61 Å². The third kappa shape index (κ3) is 8.65. The van der Waals surface area contributed by atoms with Crippen LogP contribution in [0.2, 0.25) is 0 Å². The van der Waals surface area contributed by atoms with Crippen molar-refractivity contribution in [1.82, 2.24) is 0 Å². The predicted molar refractivity (Wildman–Crippen MR) is 25.8 cm³/mol. The van der Waals surface area contributed by atoms with Gasteiger partial charge in [-0.05, 0) is 6.92 Å². The van der Waals surface area contributed by atoms with Gasteiger partial charge < -0.3 is 9.84 Å². The van der Waals surface area contributed by atoms with Crippen LogP contribution in [0.15, 0.2) is 12.3 Å². The molecule has 0 aliphatic heterocycles. The third-order valence-electron chi connectivity index (χ3n) is 0.491. The largest absolute Gasteiger partial charge is 1.00 e. The molecule has 0 atom stereocenters. The average molecular weight is 154 g/mol. The van der Waals surface area contributed by atoms with E-state index >= 15 is 0 Å². The van der Waals surface area contributed by atoms with Crippen molar-refractivity contribution in [1.29, 1.82) is 0 Å². The summed E-state index contributed by atoms with van der Waals surface area (Å²) in [6.45, 7) is 1.99. The van der Waals surface area contributed by atoms with Gasteiger partial charge in [-0.25, -0.2) is 4.79 Å². The summed E-state index contributed by atoms with van der Waals surface area (Å²) in [5, 5.41) is 9.53. The number of hydrogen-bond acceptors (Lipinski definition) is 3. The van der Waals surface area contributed by atoms with Gasteiger partial charge >= 0.3 is 57.4 Å². The topological polar surface area (TPSA) is 49.4 Å². The minimum absolute atomic E-state index is 0. The molecule has 0 aromatic carbocycles. The van der Waals surface area contributed by atoms with Gasteiger partial charge in [-0.15, -0.1) is 6.26 Å². The summed E-state index contributed by atoms with van der Waals surface area (Å²) in [6, 6.07) is 0. The van der Waals surface area contributed by atoms with E-state index in [0.29, 0.717) is 12.9 Å². The maximum atomic E-state index is 10.1. The van der Waals surface area contributed by atoms with Crippen LogP contribution in [0.1, 0.15) is 6.92 Å². The second-order valence-corrected chi connectivity index (χ2v) is 1.05. The maximum absolute atomic E-state index is 10.1. The van der Waals surface area contributed by atoms with E-state index in [1.807, 2.05) is 0 Å². The van der Waals surface area contributed by atoms with Crippen LogP contribution >= 0.6 is 0 Å². The van der Waals surface area contributed by atoms with Crippen molar-refractivity contribution in [2.24, 2.45) is 0 Å². The van der Waals surface area contributed by atoms with Gasteiger partial charge in [-0.2, -0.15) is 0 Å². The summed E-state index contributed by atoms with van der Waals surface area (Å²) in [5.41, 5.74) is 0. The molecular weight excluding hydrogens is 147 g/mol. The standard InChI is InChI=1S/C5H8O3.K/c1-2-8-5(7)3-4-6;/h3-4,6H,2H2,1H3;/q;+1/p-1/b4-3+;. The van der Waals surface area contributed by atoms with Crippen LogP contribution in [0, 0.1) is 0 Å². The SMILES string of the molecule is CCOC(=O)/C=C/[O-].[K+]. The van der Waals surface area contributed by atoms with Crippen molar-refractivity contribution in [2.45, 2.75) is 6.92 Å². The average Bonchev–Trinajstić information content (AvgIpc) is 1.68. The van der Waals surface area contributed by atoms with Gasteiger partial charge in [0.1, 0.15) is 0 Å². The molecule has 0 rings (SSSR count). The molecule has 3 nitrogen and oxygen atoms in total. The minimum atomic E-state index is -0.581. The Morgan fingerprint density at radius 2 is 2.33 bits per heavy atom. The van der Waals surface area contributed by atoms with Crippen molar-refractivity contribution in [3.8, 4) is 0 Å². The van der Waals surface area contributed by atoms with E-state index in [0.717, 1.165) is 6.08 Å². The number of ether oxygens (including phenoxy) is 1. The van der Waals surface area contributed by atoms with E-state index in [9.17, 15) is 9.90 Å². The van der Waals surface area contributed by atoms with Crippen LogP contribution in [0.4, 0.5) is 0 Å². The van der Waals surface area contributed by atoms with E-state index in [-0.39, 0.29) is 51.4 Å². The number of rotatable bonds is 2. The molecule has 0 aromatic rings. The number of carbonyl (C=O) groups is 1. The Hall–Kier alpha value is 0.646. The van der Waals surface area contributed by atoms with E-state index in [1.165, 1.54) is 0 Å². The maximum Gasteiger partial charge on any atom is 1.00 e. The second-order valence-electron chi connectivity index (χ2n) is 1.05. The molecular formula is C5H7KO3. The van der Waals surface area contributed by atoms with Gasteiger partial charge in [-0.3, -0.25) is 0 Å². The number of esters is 1. The molecule has 0 aromatic heterocycles. The number of carbonyl (C=O) groups excluding carboxylic acids is 1.